The minimum absolute atomic E-state index is 0.0233. The van der Waals surface area contributed by atoms with Crippen LogP contribution < -0.4 is 0 Å². The normalized spacial score (nSPS) is 34.2. The average molecular weight is 641 g/mol. The molecule has 250 valence electrons. The largest absolute Gasteiger partial charge is 0.413 e. The average Bonchev–Trinajstić information content (AvgIpc) is 3.68. The SMILES string of the molecule is C=C1C(=CC=C2CCCC3(C)C2CCC3C(C)C=CC(O)C2CC2)CC(O[Si](C)(C)C(C)(C)C)CC1O[Si](C)(C)C(C)(C)C. The highest BCUT2D eigenvalue weighted by molar-refractivity contribution is 6.74. The lowest BCUT2D eigenvalue weighted by molar-refractivity contribution is 0.0969. The van der Waals surface area contributed by atoms with Gasteiger partial charge in [0.1, 0.15) is 0 Å². The molecular weight excluding hydrogens is 573 g/mol. The zero-order valence-corrected chi connectivity index (χ0v) is 32.7. The first-order valence-corrected chi connectivity index (χ1v) is 23.8. The first-order valence-electron chi connectivity index (χ1n) is 18.0. The van der Waals surface area contributed by atoms with E-state index in [0.29, 0.717) is 29.1 Å². The molecule has 1 N–H and O–H groups in total. The lowest BCUT2D eigenvalue weighted by atomic mass is 9.61. The smallest absolute Gasteiger partial charge is 0.192 e. The molecule has 5 heteroatoms. The highest BCUT2D eigenvalue weighted by Crippen LogP contribution is 2.59. The van der Waals surface area contributed by atoms with Gasteiger partial charge in [0, 0.05) is 6.42 Å². The Morgan fingerprint density at radius 3 is 2.11 bits per heavy atom. The van der Waals surface area contributed by atoms with Gasteiger partial charge < -0.3 is 14.0 Å². The summed E-state index contributed by atoms with van der Waals surface area (Å²) < 4.78 is 14.2. The molecule has 7 unspecified atom stereocenters. The summed E-state index contributed by atoms with van der Waals surface area (Å²) in [5.74, 6) is 2.35. The Kier molecular flexibility index (Phi) is 10.7. The number of aliphatic hydroxyl groups is 1. The van der Waals surface area contributed by atoms with E-state index in [-0.39, 0.29) is 28.4 Å². The molecule has 0 spiro atoms. The minimum Gasteiger partial charge on any atom is -0.413 e. The summed E-state index contributed by atoms with van der Waals surface area (Å²) in [7, 11) is -3.90. The molecule has 0 aliphatic heterocycles. The summed E-state index contributed by atoms with van der Waals surface area (Å²) in [6.45, 7) is 33.2. The van der Waals surface area contributed by atoms with Crippen molar-refractivity contribution in [3.05, 3.63) is 47.6 Å². The third kappa shape index (κ3) is 7.86. The molecule has 7 atom stereocenters. The molecule has 4 aliphatic carbocycles. The highest BCUT2D eigenvalue weighted by Gasteiger charge is 2.50. The van der Waals surface area contributed by atoms with E-state index in [1.165, 1.54) is 56.1 Å². The molecule has 0 saturated heterocycles. The zero-order chi connectivity index (χ0) is 32.9. The van der Waals surface area contributed by atoms with E-state index in [1.54, 1.807) is 5.57 Å². The maximum Gasteiger partial charge on any atom is 0.192 e. The van der Waals surface area contributed by atoms with Gasteiger partial charge in [0.15, 0.2) is 16.6 Å². The Morgan fingerprint density at radius 1 is 0.909 bits per heavy atom. The summed E-state index contributed by atoms with van der Waals surface area (Å²) in [5, 5.41) is 10.8. The lowest BCUT2D eigenvalue weighted by Crippen LogP contribution is -2.49. The molecule has 0 aromatic heterocycles. The van der Waals surface area contributed by atoms with Crippen molar-refractivity contribution in [2.75, 3.05) is 0 Å². The molecule has 0 radical (unpaired) electrons. The monoisotopic (exact) mass is 640 g/mol. The predicted octanol–water partition coefficient (Wildman–Crippen LogP) is 11.1. The number of allylic oxidation sites excluding steroid dienone is 4. The molecular formula is C39H68O3Si2. The van der Waals surface area contributed by atoms with Gasteiger partial charge in [-0.1, -0.05) is 91.8 Å². The fourth-order valence-electron chi connectivity index (χ4n) is 7.93. The summed E-state index contributed by atoms with van der Waals surface area (Å²) in [4.78, 5) is 0. The van der Waals surface area contributed by atoms with Crippen molar-refractivity contribution >= 4 is 16.6 Å². The number of aliphatic hydroxyl groups excluding tert-OH is 1. The maximum atomic E-state index is 10.5. The number of fused-ring (bicyclic) bond motifs is 1. The van der Waals surface area contributed by atoms with Crippen molar-refractivity contribution in [1.29, 1.82) is 0 Å². The Morgan fingerprint density at radius 2 is 1.52 bits per heavy atom. The first-order chi connectivity index (χ1) is 20.2. The molecule has 0 heterocycles. The Hall–Kier alpha value is -0.726. The maximum absolute atomic E-state index is 10.5. The van der Waals surface area contributed by atoms with Gasteiger partial charge in [0.2, 0.25) is 0 Å². The van der Waals surface area contributed by atoms with Crippen molar-refractivity contribution in [2.24, 2.45) is 29.1 Å². The van der Waals surface area contributed by atoms with Gasteiger partial charge in [-0.2, -0.15) is 0 Å². The third-order valence-electron chi connectivity index (χ3n) is 13.1. The predicted molar refractivity (Wildman–Crippen MR) is 194 cm³/mol. The van der Waals surface area contributed by atoms with Crippen molar-refractivity contribution in [2.45, 2.75) is 168 Å². The fraction of sp³-hybridized carbons (Fsp3) is 0.795. The molecule has 0 amide bonds. The summed E-state index contributed by atoms with van der Waals surface area (Å²) >= 11 is 0. The topological polar surface area (TPSA) is 38.7 Å². The van der Waals surface area contributed by atoms with Crippen LogP contribution in [0.25, 0.3) is 0 Å². The molecule has 0 aromatic rings. The van der Waals surface area contributed by atoms with Crippen LogP contribution in [-0.2, 0) is 8.85 Å². The van der Waals surface area contributed by atoms with Gasteiger partial charge in [-0.15, -0.1) is 0 Å². The van der Waals surface area contributed by atoms with Gasteiger partial charge in [0.05, 0.1) is 18.3 Å². The molecule has 0 bridgehead atoms. The van der Waals surface area contributed by atoms with E-state index in [9.17, 15) is 5.11 Å². The number of hydrogen-bond acceptors (Lipinski definition) is 3. The molecule has 4 saturated carbocycles. The van der Waals surface area contributed by atoms with E-state index in [0.717, 1.165) is 12.8 Å². The summed E-state index contributed by atoms with van der Waals surface area (Å²) in [6.07, 6.45) is 19.9. The van der Waals surface area contributed by atoms with Gasteiger partial charge in [-0.25, -0.2) is 0 Å². The molecule has 4 aliphatic rings. The van der Waals surface area contributed by atoms with E-state index in [4.69, 9.17) is 8.85 Å². The van der Waals surface area contributed by atoms with Crippen molar-refractivity contribution in [3.63, 3.8) is 0 Å². The van der Waals surface area contributed by atoms with Crippen LogP contribution >= 0.6 is 0 Å². The zero-order valence-electron chi connectivity index (χ0n) is 30.7. The number of hydrogen-bond donors (Lipinski definition) is 1. The Bertz CT molecular complexity index is 1130. The van der Waals surface area contributed by atoms with E-state index in [1.807, 2.05) is 0 Å². The minimum atomic E-state index is -1.98. The van der Waals surface area contributed by atoms with E-state index in [2.05, 4.69) is 112 Å². The summed E-state index contributed by atoms with van der Waals surface area (Å²) in [5.41, 5.74) is 4.49. The highest BCUT2D eigenvalue weighted by atomic mass is 28.4. The van der Waals surface area contributed by atoms with Crippen molar-refractivity contribution in [3.8, 4) is 0 Å². The van der Waals surface area contributed by atoms with Gasteiger partial charge in [0.25, 0.3) is 0 Å². The van der Waals surface area contributed by atoms with Crippen LogP contribution in [-0.4, -0.2) is 40.1 Å². The second-order valence-corrected chi connectivity index (χ2v) is 27.9. The second kappa shape index (κ2) is 13.1. The van der Waals surface area contributed by atoms with Crippen LogP contribution in [0.4, 0.5) is 0 Å². The first kappa shape index (κ1) is 36.1. The standard InChI is InChI=1S/C39H68O3Si2/c1-27(16-23-35(40)30-18-19-30)33-21-22-34-29(15-14-24-39(33,34)9)17-20-31-25-32(41-43(10,11)37(3,4)5)26-36(28(31)2)42-44(12,13)38(6,7)8/h16-17,20,23,27,30,32-36,40H,2,14-15,18-19,21-22,24-26H2,1,3-13H3. The van der Waals surface area contributed by atoms with E-state index >= 15 is 0 Å². The van der Waals surface area contributed by atoms with Crippen LogP contribution in [0.3, 0.4) is 0 Å². The van der Waals surface area contributed by atoms with Gasteiger partial charge in [-0.3, -0.25) is 0 Å². The van der Waals surface area contributed by atoms with Crippen LogP contribution in [0.1, 0.15) is 113 Å². The quantitative estimate of drug-likeness (QED) is 0.201. The van der Waals surface area contributed by atoms with Crippen LogP contribution in [0.5, 0.6) is 0 Å². The molecule has 0 aromatic carbocycles. The molecule has 4 fully saturated rings. The summed E-state index contributed by atoms with van der Waals surface area (Å²) in [6, 6.07) is 0. The molecule has 3 nitrogen and oxygen atoms in total. The third-order valence-corrected chi connectivity index (χ3v) is 22.1. The fourth-order valence-corrected chi connectivity index (χ4v) is 10.6. The lowest BCUT2D eigenvalue weighted by Gasteiger charge is -2.45. The van der Waals surface area contributed by atoms with Crippen molar-refractivity contribution in [1.82, 2.24) is 0 Å². The Balaban J connectivity index is 1.57. The molecule has 4 rings (SSSR count). The van der Waals surface area contributed by atoms with Crippen LogP contribution in [0.2, 0.25) is 36.3 Å². The second-order valence-electron chi connectivity index (χ2n) is 18.4. The van der Waals surface area contributed by atoms with Gasteiger partial charge in [-0.05, 0) is 128 Å². The number of rotatable bonds is 9. The van der Waals surface area contributed by atoms with Crippen LogP contribution in [0, 0.1) is 29.1 Å². The molecule has 44 heavy (non-hydrogen) atoms. The van der Waals surface area contributed by atoms with E-state index < -0.39 is 16.6 Å². The Labute approximate surface area is 274 Å². The van der Waals surface area contributed by atoms with Gasteiger partial charge >= 0.3 is 0 Å². The van der Waals surface area contributed by atoms with Crippen molar-refractivity contribution < 1.29 is 14.0 Å². The van der Waals surface area contributed by atoms with Crippen LogP contribution in [0.15, 0.2) is 47.6 Å².